The number of rotatable bonds is 3. The Morgan fingerprint density at radius 2 is 2.05 bits per heavy atom. The Morgan fingerprint density at radius 1 is 1.38 bits per heavy atom. The zero-order valence-corrected chi connectivity index (χ0v) is 12.7. The molecule has 1 heterocycles. The van der Waals surface area contributed by atoms with Crippen LogP contribution >= 0.6 is 0 Å². The highest BCUT2D eigenvalue weighted by molar-refractivity contribution is 7.89. The average Bonchev–Trinajstić information content (AvgIpc) is 2.96. The number of hydrogen-bond acceptors (Lipinski definition) is 4. The van der Waals surface area contributed by atoms with Gasteiger partial charge in [-0.15, -0.1) is 0 Å². The third-order valence-electron chi connectivity index (χ3n) is 3.67. The van der Waals surface area contributed by atoms with Crippen molar-refractivity contribution < 1.29 is 18.6 Å². The summed E-state index contributed by atoms with van der Waals surface area (Å²) in [4.78, 5) is 0.225. The van der Waals surface area contributed by atoms with E-state index < -0.39 is 16.1 Å². The molecule has 0 bridgehead atoms. The number of sulfonamides is 1. The fourth-order valence-corrected chi connectivity index (χ4v) is 3.88. The van der Waals surface area contributed by atoms with E-state index in [-0.39, 0.29) is 17.4 Å². The van der Waals surface area contributed by atoms with Crippen LogP contribution in [-0.4, -0.2) is 48.7 Å². The highest BCUT2D eigenvalue weighted by Gasteiger charge is 2.34. The minimum Gasteiger partial charge on any atom is -0.393 e. The van der Waals surface area contributed by atoms with Crippen molar-refractivity contribution in [1.29, 1.82) is 0 Å². The van der Waals surface area contributed by atoms with E-state index in [0.717, 1.165) is 0 Å². The van der Waals surface area contributed by atoms with Gasteiger partial charge in [0.05, 0.1) is 11.0 Å². The van der Waals surface area contributed by atoms with Gasteiger partial charge in [0.25, 0.3) is 0 Å². The Hall–Kier alpha value is -1.39. The van der Waals surface area contributed by atoms with Gasteiger partial charge in [-0.3, -0.25) is 0 Å². The van der Waals surface area contributed by atoms with Gasteiger partial charge < -0.3 is 10.2 Å². The molecule has 0 saturated carbocycles. The quantitative estimate of drug-likeness (QED) is 0.793. The van der Waals surface area contributed by atoms with Crippen molar-refractivity contribution in [3.63, 3.8) is 0 Å². The summed E-state index contributed by atoms with van der Waals surface area (Å²) < 4.78 is 26.4. The Kier molecular flexibility index (Phi) is 5.01. The van der Waals surface area contributed by atoms with Crippen LogP contribution in [0.2, 0.25) is 0 Å². The fourth-order valence-electron chi connectivity index (χ4n) is 2.37. The summed E-state index contributed by atoms with van der Waals surface area (Å²) in [6, 6.07) is 6.29. The molecule has 21 heavy (non-hydrogen) atoms. The maximum Gasteiger partial charge on any atom is 0.243 e. The second-order valence-electron chi connectivity index (χ2n) is 5.14. The molecule has 1 saturated heterocycles. The van der Waals surface area contributed by atoms with Gasteiger partial charge in [-0.1, -0.05) is 11.8 Å². The van der Waals surface area contributed by atoms with E-state index in [2.05, 4.69) is 11.8 Å². The molecule has 114 valence electrons. The van der Waals surface area contributed by atoms with Crippen LogP contribution in [0, 0.1) is 17.8 Å². The van der Waals surface area contributed by atoms with Crippen LogP contribution in [-0.2, 0) is 10.0 Å². The molecule has 2 rings (SSSR count). The minimum atomic E-state index is -3.52. The van der Waals surface area contributed by atoms with E-state index in [1.165, 1.54) is 16.4 Å². The Bertz CT molecular complexity index is 640. The van der Waals surface area contributed by atoms with Crippen LogP contribution in [0.1, 0.15) is 18.9 Å². The van der Waals surface area contributed by atoms with Crippen molar-refractivity contribution in [2.24, 2.45) is 5.92 Å². The lowest BCUT2D eigenvalue weighted by Gasteiger charge is -2.17. The molecular weight excluding hydrogens is 290 g/mol. The molecule has 1 fully saturated rings. The summed E-state index contributed by atoms with van der Waals surface area (Å²) in [6.07, 6.45) is 0.179. The first-order valence-electron chi connectivity index (χ1n) is 6.83. The molecule has 0 amide bonds. The van der Waals surface area contributed by atoms with Crippen molar-refractivity contribution in [1.82, 2.24) is 4.31 Å². The third-order valence-corrected chi connectivity index (χ3v) is 5.55. The Morgan fingerprint density at radius 3 is 2.57 bits per heavy atom. The first-order chi connectivity index (χ1) is 9.95. The molecule has 0 aliphatic carbocycles. The van der Waals surface area contributed by atoms with E-state index in [0.29, 0.717) is 25.1 Å². The highest BCUT2D eigenvalue weighted by atomic mass is 32.2. The molecule has 1 aromatic carbocycles. The third kappa shape index (κ3) is 3.63. The van der Waals surface area contributed by atoms with Gasteiger partial charge in [-0.2, -0.15) is 4.31 Å². The topological polar surface area (TPSA) is 77.8 Å². The first-order valence-corrected chi connectivity index (χ1v) is 8.27. The van der Waals surface area contributed by atoms with Crippen molar-refractivity contribution in [2.45, 2.75) is 24.3 Å². The molecule has 1 aliphatic rings. The van der Waals surface area contributed by atoms with E-state index >= 15 is 0 Å². The van der Waals surface area contributed by atoms with Gasteiger partial charge in [0.2, 0.25) is 10.0 Å². The molecule has 0 radical (unpaired) electrons. The summed E-state index contributed by atoms with van der Waals surface area (Å²) >= 11 is 0. The monoisotopic (exact) mass is 309 g/mol. The Balaban J connectivity index is 2.17. The summed E-state index contributed by atoms with van der Waals surface area (Å²) in [5.74, 6) is 5.23. The molecular formula is C15H19NO4S. The summed E-state index contributed by atoms with van der Waals surface area (Å²) in [6.45, 7) is 2.25. The smallest absolute Gasteiger partial charge is 0.243 e. The predicted molar refractivity (Wildman–Crippen MR) is 79.0 cm³/mol. The van der Waals surface area contributed by atoms with E-state index in [9.17, 15) is 13.5 Å². The average molecular weight is 309 g/mol. The first kappa shape index (κ1) is 16.0. The Labute approximate surface area is 125 Å². The second-order valence-corrected chi connectivity index (χ2v) is 7.07. The molecule has 5 nitrogen and oxygen atoms in total. The number of aliphatic hydroxyl groups excluding tert-OH is 2. The SMILES string of the molecule is CC(O)C1CCN(S(=O)(=O)c2ccc(C#CCO)cc2)C1. The van der Waals surface area contributed by atoms with E-state index in [1.807, 2.05) is 0 Å². The molecule has 1 aromatic rings. The van der Waals surface area contributed by atoms with E-state index in [4.69, 9.17) is 5.11 Å². The summed E-state index contributed by atoms with van der Waals surface area (Å²) in [7, 11) is -3.52. The predicted octanol–water partition coefficient (Wildman–Crippen LogP) is 0.422. The minimum absolute atomic E-state index is 0.00512. The molecule has 1 aliphatic heterocycles. The van der Waals surface area contributed by atoms with Crippen molar-refractivity contribution in [2.75, 3.05) is 19.7 Å². The van der Waals surface area contributed by atoms with Crippen LogP contribution < -0.4 is 0 Å². The number of hydrogen-bond donors (Lipinski definition) is 2. The van der Waals surface area contributed by atoms with Crippen LogP contribution in [0.4, 0.5) is 0 Å². The number of benzene rings is 1. The molecule has 6 heteroatoms. The standard InChI is InChI=1S/C15H19NO4S/c1-12(18)14-8-9-16(11-14)21(19,20)15-6-4-13(5-7-15)3-2-10-17/h4-7,12,14,17-18H,8-11H2,1H3. The van der Waals surface area contributed by atoms with Crippen molar-refractivity contribution in [3.8, 4) is 11.8 Å². The fraction of sp³-hybridized carbons (Fsp3) is 0.467. The zero-order valence-electron chi connectivity index (χ0n) is 11.9. The van der Waals surface area contributed by atoms with Gasteiger partial charge in [0.15, 0.2) is 0 Å². The molecule has 0 spiro atoms. The van der Waals surface area contributed by atoms with Gasteiger partial charge in [-0.25, -0.2) is 8.42 Å². The molecule has 2 unspecified atom stereocenters. The van der Waals surface area contributed by atoms with Crippen LogP contribution in [0.5, 0.6) is 0 Å². The lowest BCUT2D eigenvalue weighted by molar-refractivity contribution is 0.133. The largest absolute Gasteiger partial charge is 0.393 e. The molecule has 2 N–H and O–H groups in total. The summed E-state index contributed by atoms with van der Waals surface area (Å²) in [5.41, 5.74) is 0.659. The van der Waals surface area contributed by atoms with E-state index in [1.54, 1.807) is 19.1 Å². The maximum absolute atomic E-state index is 12.5. The molecule has 2 atom stereocenters. The van der Waals surface area contributed by atoms with Gasteiger partial charge >= 0.3 is 0 Å². The molecule has 0 aromatic heterocycles. The van der Waals surface area contributed by atoms with Crippen LogP contribution in [0.3, 0.4) is 0 Å². The van der Waals surface area contributed by atoms with Crippen LogP contribution in [0.15, 0.2) is 29.2 Å². The lowest BCUT2D eigenvalue weighted by Crippen LogP contribution is -2.30. The number of nitrogens with zero attached hydrogens (tertiary/aromatic N) is 1. The van der Waals surface area contributed by atoms with Gasteiger partial charge in [0, 0.05) is 18.7 Å². The normalized spacial score (nSPS) is 20.8. The van der Waals surface area contributed by atoms with Crippen LogP contribution in [0.25, 0.3) is 0 Å². The zero-order chi connectivity index (χ0) is 15.5. The van der Waals surface area contributed by atoms with Gasteiger partial charge in [-0.05, 0) is 43.5 Å². The lowest BCUT2D eigenvalue weighted by atomic mass is 10.0. The summed E-state index contributed by atoms with van der Waals surface area (Å²) in [5, 5.41) is 18.2. The van der Waals surface area contributed by atoms with Crippen molar-refractivity contribution in [3.05, 3.63) is 29.8 Å². The number of aliphatic hydroxyl groups is 2. The second kappa shape index (κ2) is 6.58. The van der Waals surface area contributed by atoms with Gasteiger partial charge in [0.1, 0.15) is 6.61 Å². The maximum atomic E-state index is 12.5. The highest BCUT2D eigenvalue weighted by Crippen LogP contribution is 2.26. The van der Waals surface area contributed by atoms with Crippen molar-refractivity contribution >= 4 is 10.0 Å².